The molecule has 0 fully saturated rings. The molecule has 0 aliphatic rings. The summed E-state index contributed by atoms with van der Waals surface area (Å²) in [6, 6.07) is 12.8. The fourth-order valence-corrected chi connectivity index (χ4v) is 3.02. The minimum atomic E-state index is -0.229. The highest BCUT2D eigenvalue weighted by molar-refractivity contribution is 14.1. The number of nitrogens with two attached hydrogens (primary N) is 1. The van der Waals surface area contributed by atoms with Gasteiger partial charge in [0.15, 0.2) is 0 Å². The van der Waals surface area contributed by atoms with Crippen molar-refractivity contribution in [2.45, 2.75) is 12.5 Å². The average Bonchev–Trinajstić information content (AvgIpc) is 2.39. The molecule has 0 spiro atoms. The third-order valence-electron chi connectivity index (χ3n) is 2.89. The molecule has 0 amide bonds. The van der Waals surface area contributed by atoms with Gasteiger partial charge in [0.25, 0.3) is 0 Å². The highest BCUT2D eigenvalue weighted by Gasteiger charge is 2.14. The molecule has 1 atom stereocenters. The Labute approximate surface area is 133 Å². The molecular weight excluding hydrogens is 422 g/mol. The summed E-state index contributed by atoms with van der Waals surface area (Å²) in [6.07, 6.45) is 0.755. The lowest BCUT2D eigenvalue weighted by atomic mass is 9.99. The molecular formula is C14H13BrFIN2. The lowest BCUT2D eigenvalue weighted by Crippen LogP contribution is -2.30. The van der Waals surface area contributed by atoms with Crippen LogP contribution >= 0.6 is 38.5 Å². The van der Waals surface area contributed by atoms with Crippen LogP contribution in [0.5, 0.6) is 0 Å². The molecule has 2 nitrogen and oxygen atoms in total. The van der Waals surface area contributed by atoms with Gasteiger partial charge < -0.3 is 0 Å². The van der Waals surface area contributed by atoms with Crippen LogP contribution in [0.2, 0.25) is 0 Å². The van der Waals surface area contributed by atoms with Crippen molar-refractivity contribution in [3.63, 3.8) is 0 Å². The third-order valence-corrected chi connectivity index (χ3v) is 4.36. The van der Waals surface area contributed by atoms with Gasteiger partial charge in [-0.1, -0.05) is 34.1 Å². The van der Waals surface area contributed by atoms with Crippen molar-refractivity contribution >= 4 is 38.5 Å². The number of hydrazine groups is 1. The summed E-state index contributed by atoms with van der Waals surface area (Å²) in [4.78, 5) is 0. The molecule has 0 aromatic heterocycles. The molecule has 2 aromatic rings. The summed E-state index contributed by atoms with van der Waals surface area (Å²) >= 11 is 5.54. The Morgan fingerprint density at radius 2 is 1.89 bits per heavy atom. The van der Waals surface area contributed by atoms with E-state index in [2.05, 4.69) is 43.9 Å². The Morgan fingerprint density at radius 1 is 1.21 bits per heavy atom. The molecule has 0 bridgehead atoms. The standard InChI is InChI=1S/C14H13BrFIN2/c15-10-3-1-9(2-4-10)7-14(19-18)12-6-5-11(16)8-13(12)17/h1-6,8,14,19H,7,18H2. The van der Waals surface area contributed by atoms with Gasteiger partial charge >= 0.3 is 0 Å². The van der Waals surface area contributed by atoms with Crippen molar-refractivity contribution in [1.82, 2.24) is 5.43 Å². The van der Waals surface area contributed by atoms with Gasteiger partial charge in [0.1, 0.15) is 5.82 Å². The zero-order valence-electron chi connectivity index (χ0n) is 10.0. The van der Waals surface area contributed by atoms with Crippen LogP contribution in [-0.4, -0.2) is 0 Å². The molecule has 5 heteroatoms. The lowest BCUT2D eigenvalue weighted by Gasteiger charge is -2.18. The maximum absolute atomic E-state index is 13.1. The largest absolute Gasteiger partial charge is 0.271 e. The van der Waals surface area contributed by atoms with Crippen LogP contribution in [0.1, 0.15) is 17.2 Å². The number of nitrogens with one attached hydrogen (secondary N) is 1. The van der Waals surface area contributed by atoms with Gasteiger partial charge in [0.2, 0.25) is 0 Å². The van der Waals surface area contributed by atoms with Crippen molar-refractivity contribution in [3.8, 4) is 0 Å². The van der Waals surface area contributed by atoms with Crippen molar-refractivity contribution < 1.29 is 4.39 Å². The van der Waals surface area contributed by atoms with Crippen LogP contribution in [0.3, 0.4) is 0 Å². The molecule has 0 aliphatic heterocycles. The average molecular weight is 435 g/mol. The number of hydrogen-bond donors (Lipinski definition) is 2. The monoisotopic (exact) mass is 434 g/mol. The maximum atomic E-state index is 13.1. The SMILES string of the molecule is NNC(Cc1ccc(Br)cc1)c1ccc(F)cc1I. The van der Waals surface area contributed by atoms with Crippen molar-refractivity contribution in [2.75, 3.05) is 0 Å². The lowest BCUT2D eigenvalue weighted by molar-refractivity contribution is 0.546. The first kappa shape index (κ1) is 14.9. The highest BCUT2D eigenvalue weighted by Crippen LogP contribution is 2.24. The van der Waals surface area contributed by atoms with Gasteiger partial charge in [-0.3, -0.25) is 11.3 Å². The topological polar surface area (TPSA) is 38.0 Å². The third kappa shape index (κ3) is 3.98. The summed E-state index contributed by atoms with van der Waals surface area (Å²) in [5, 5.41) is 0. The van der Waals surface area contributed by atoms with Gasteiger partial charge in [-0.2, -0.15) is 0 Å². The second kappa shape index (κ2) is 6.78. The molecule has 0 saturated carbocycles. The molecule has 3 N–H and O–H groups in total. The number of halogens is 3. The van der Waals surface area contributed by atoms with E-state index in [0.717, 1.165) is 20.0 Å². The molecule has 0 radical (unpaired) electrons. The first-order valence-corrected chi connectivity index (χ1v) is 7.63. The maximum Gasteiger partial charge on any atom is 0.124 e. The van der Waals surface area contributed by atoms with Crippen LogP contribution in [0.4, 0.5) is 4.39 Å². The Bertz CT molecular complexity index is 560. The van der Waals surface area contributed by atoms with E-state index in [0.29, 0.717) is 0 Å². The van der Waals surface area contributed by atoms with Gasteiger partial charge in [-0.25, -0.2) is 4.39 Å². The molecule has 1 unspecified atom stereocenters. The number of benzene rings is 2. The molecule has 2 rings (SSSR count). The van der Waals surface area contributed by atoms with E-state index in [1.807, 2.05) is 24.3 Å². The molecule has 2 aromatic carbocycles. The predicted molar refractivity (Wildman–Crippen MR) is 87.0 cm³/mol. The first-order valence-electron chi connectivity index (χ1n) is 5.75. The van der Waals surface area contributed by atoms with Gasteiger partial charge in [-0.15, -0.1) is 0 Å². The van der Waals surface area contributed by atoms with E-state index < -0.39 is 0 Å². The van der Waals surface area contributed by atoms with Gasteiger partial charge in [-0.05, 0) is 64.4 Å². The fraction of sp³-hybridized carbons (Fsp3) is 0.143. The smallest absolute Gasteiger partial charge is 0.124 e. The Kier molecular flexibility index (Phi) is 5.32. The van der Waals surface area contributed by atoms with Crippen LogP contribution in [0, 0.1) is 9.39 Å². The second-order valence-corrected chi connectivity index (χ2v) is 6.29. The van der Waals surface area contributed by atoms with E-state index in [9.17, 15) is 4.39 Å². The quantitative estimate of drug-likeness (QED) is 0.434. The van der Waals surface area contributed by atoms with E-state index in [1.165, 1.54) is 17.7 Å². The normalized spacial score (nSPS) is 12.4. The summed E-state index contributed by atoms with van der Waals surface area (Å²) in [5.74, 6) is 5.40. The van der Waals surface area contributed by atoms with Gasteiger partial charge in [0.05, 0.1) is 6.04 Å². The minimum Gasteiger partial charge on any atom is -0.271 e. The van der Waals surface area contributed by atoms with E-state index >= 15 is 0 Å². The molecule has 100 valence electrons. The summed E-state index contributed by atoms with van der Waals surface area (Å²) in [6.45, 7) is 0. The number of hydrogen-bond acceptors (Lipinski definition) is 2. The Balaban J connectivity index is 2.22. The molecule has 0 saturated heterocycles. The predicted octanol–water partition coefficient (Wildman–Crippen LogP) is 3.94. The van der Waals surface area contributed by atoms with Gasteiger partial charge in [0, 0.05) is 8.04 Å². The fourth-order valence-electron chi connectivity index (χ4n) is 1.90. The van der Waals surface area contributed by atoms with Crippen LogP contribution in [-0.2, 0) is 6.42 Å². The summed E-state index contributed by atoms with van der Waals surface area (Å²) in [7, 11) is 0. The highest BCUT2D eigenvalue weighted by atomic mass is 127. The molecule has 0 aliphatic carbocycles. The van der Waals surface area contributed by atoms with E-state index in [4.69, 9.17) is 5.84 Å². The van der Waals surface area contributed by atoms with Crippen LogP contribution in [0.15, 0.2) is 46.9 Å². The van der Waals surface area contributed by atoms with E-state index in [-0.39, 0.29) is 11.9 Å². The molecule has 19 heavy (non-hydrogen) atoms. The zero-order valence-corrected chi connectivity index (χ0v) is 13.8. The first-order chi connectivity index (χ1) is 9.10. The molecule has 0 heterocycles. The Hall–Kier alpha value is -0.500. The summed E-state index contributed by atoms with van der Waals surface area (Å²) < 4.78 is 15.0. The van der Waals surface area contributed by atoms with Crippen LogP contribution < -0.4 is 11.3 Å². The van der Waals surface area contributed by atoms with Crippen molar-refractivity contribution in [2.24, 2.45) is 5.84 Å². The summed E-state index contributed by atoms with van der Waals surface area (Å²) in [5.41, 5.74) is 4.98. The Morgan fingerprint density at radius 3 is 2.47 bits per heavy atom. The zero-order chi connectivity index (χ0) is 13.8. The van der Waals surface area contributed by atoms with Crippen LogP contribution in [0.25, 0.3) is 0 Å². The minimum absolute atomic E-state index is 0.0336. The van der Waals surface area contributed by atoms with Crippen molar-refractivity contribution in [1.29, 1.82) is 0 Å². The second-order valence-electron chi connectivity index (χ2n) is 4.22. The number of rotatable bonds is 4. The van der Waals surface area contributed by atoms with Crippen molar-refractivity contribution in [3.05, 3.63) is 67.5 Å². The van der Waals surface area contributed by atoms with E-state index in [1.54, 1.807) is 6.07 Å².